The zero-order valence-electron chi connectivity index (χ0n) is 9.36. The second kappa shape index (κ2) is 4.02. The summed E-state index contributed by atoms with van der Waals surface area (Å²) in [6, 6.07) is 4.74. The van der Waals surface area contributed by atoms with Crippen molar-refractivity contribution < 1.29 is 0 Å². The van der Waals surface area contributed by atoms with E-state index in [2.05, 4.69) is 28.4 Å². The van der Waals surface area contributed by atoms with Gasteiger partial charge in [-0.3, -0.25) is 5.32 Å². The molecule has 0 saturated carbocycles. The van der Waals surface area contributed by atoms with Gasteiger partial charge in [0.05, 0.1) is 16.8 Å². The minimum atomic E-state index is 0.369. The number of rotatable bonds is 2. The molecule has 0 fully saturated rings. The minimum Gasteiger partial charge on any atom is -0.375 e. The number of anilines is 1. The average molecular weight is 243 g/mol. The number of terminal acetylenes is 1. The number of nitrogen functional groups attached to an aromatic ring is 1. The molecule has 1 heterocycles. The molecule has 3 rings (SSSR count). The zero-order chi connectivity index (χ0) is 11.8. The van der Waals surface area contributed by atoms with E-state index in [1.807, 2.05) is 0 Å². The summed E-state index contributed by atoms with van der Waals surface area (Å²) >= 11 is 1.55. The van der Waals surface area contributed by atoms with Crippen molar-refractivity contribution in [3.05, 3.63) is 23.3 Å². The van der Waals surface area contributed by atoms with Crippen molar-refractivity contribution in [2.45, 2.75) is 18.9 Å². The van der Waals surface area contributed by atoms with Crippen molar-refractivity contribution in [1.29, 1.82) is 0 Å². The Morgan fingerprint density at radius 1 is 1.59 bits per heavy atom. The van der Waals surface area contributed by atoms with Gasteiger partial charge < -0.3 is 5.73 Å². The van der Waals surface area contributed by atoms with E-state index in [-0.39, 0.29) is 0 Å². The van der Waals surface area contributed by atoms with Crippen molar-refractivity contribution in [2.24, 2.45) is 0 Å². The highest BCUT2D eigenvalue weighted by atomic mass is 32.1. The predicted molar refractivity (Wildman–Crippen MR) is 71.9 cm³/mol. The summed E-state index contributed by atoms with van der Waals surface area (Å²) < 4.78 is 1.18. The number of nitrogens with zero attached hydrogens (tertiary/aromatic N) is 1. The fourth-order valence-corrected chi connectivity index (χ4v) is 3.22. The Hall–Kier alpha value is -1.57. The van der Waals surface area contributed by atoms with E-state index in [1.165, 1.54) is 15.8 Å². The van der Waals surface area contributed by atoms with Gasteiger partial charge in [0, 0.05) is 6.04 Å². The number of aromatic nitrogens is 1. The molecule has 1 aliphatic carbocycles. The molecule has 1 atom stereocenters. The van der Waals surface area contributed by atoms with Crippen LogP contribution in [0.5, 0.6) is 0 Å². The number of hydrogen-bond donors (Lipinski definition) is 2. The maximum atomic E-state index is 5.73. The van der Waals surface area contributed by atoms with Crippen LogP contribution in [0.4, 0.5) is 5.13 Å². The predicted octanol–water partition coefficient (Wildman–Crippen LogP) is 2.09. The van der Waals surface area contributed by atoms with Gasteiger partial charge in [-0.15, -0.1) is 6.42 Å². The van der Waals surface area contributed by atoms with Crippen molar-refractivity contribution in [3.8, 4) is 12.3 Å². The molecule has 0 radical (unpaired) electrons. The summed E-state index contributed by atoms with van der Waals surface area (Å²) in [7, 11) is 0. The van der Waals surface area contributed by atoms with Crippen LogP contribution in [0.2, 0.25) is 0 Å². The maximum Gasteiger partial charge on any atom is 0.181 e. The van der Waals surface area contributed by atoms with Gasteiger partial charge in [-0.1, -0.05) is 17.3 Å². The van der Waals surface area contributed by atoms with Crippen molar-refractivity contribution in [3.63, 3.8) is 0 Å². The Morgan fingerprint density at radius 2 is 2.47 bits per heavy atom. The molecule has 0 bridgehead atoms. The molecule has 1 aliphatic rings. The van der Waals surface area contributed by atoms with Crippen LogP contribution in [-0.4, -0.2) is 11.5 Å². The van der Waals surface area contributed by atoms with Crippen molar-refractivity contribution in [1.82, 2.24) is 10.3 Å². The van der Waals surface area contributed by atoms with Crippen LogP contribution in [0, 0.1) is 12.3 Å². The van der Waals surface area contributed by atoms with E-state index in [4.69, 9.17) is 12.2 Å². The first kappa shape index (κ1) is 10.6. The maximum absolute atomic E-state index is 5.73. The second-order valence-corrected chi connectivity index (χ2v) is 5.31. The lowest BCUT2D eigenvalue weighted by Gasteiger charge is -2.11. The smallest absolute Gasteiger partial charge is 0.181 e. The molecule has 0 spiro atoms. The number of thiazole rings is 1. The van der Waals surface area contributed by atoms with Crippen molar-refractivity contribution in [2.75, 3.05) is 12.3 Å². The highest BCUT2D eigenvalue weighted by molar-refractivity contribution is 7.22. The number of benzene rings is 1. The summed E-state index contributed by atoms with van der Waals surface area (Å²) in [5, 5.41) is 4.00. The van der Waals surface area contributed by atoms with Crippen molar-refractivity contribution >= 4 is 26.7 Å². The Morgan fingerprint density at radius 3 is 3.29 bits per heavy atom. The fraction of sp³-hybridized carbons (Fsp3) is 0.308. The number of aryl methyl sites for hydroxylation is 1. The van der Waals surface area contributed by atoms with Crippen LogP contribution >= 0.6 is 11.3 Å². The van der Waals surface area contributed by atoms with Crippen LogP contribution in [0.3, 0.4) is 0 Å². The van der Waals surface area contributed by atoms with E-state index in [1.54, 1.807) is 11.3 Å². The van der Waals surface area contributed by atoms with Gasteiger partial charge in [-0.2, -0.15) is 0 Å². The summed E-state index contributed by atoms with van der Waals surface area (Å²) in [6.45, 7) is 0.612. The third-order valence-corrected chi connectivity index (χ3v) is 4.04. The SMILES string of the molecule is C#CCN[C@@H]1CCc2cc3sc(N)nc3cc21. The van der Waals surface area contributed by atoms with Crippen LogP contribution in [-0.2, 0) is 6.42 Å². The lowest BCUT2D eigenvalue weighted by Crippen LogP contribution is -2.19. The van der Waals surface area contributed by atoms with Gasteiger partial charge in [0.1, 0.15) is 0 Å². The Labute approximate surface area is 104 Å². The quantitative estimate of drug-likeness (QED) is 0.794. The second-order valence-electron chi connectivity index (χ2n) is 4.25. The van der Waals surface area contributed by atoms with Gasteiger partial charge in [0.15, 0.2) is 5.13 Å². The van der Waals surface area contributed by atoms with Crippen LogP contribution in [0.1, 0.15) is 23.6 Å². The largest absolute Gasteiger partial charge is 0.375 e. The highest BCUT2D eigenvalue weighted by Gasteiger charge is 2.22. The van der Waals surface area contributed by atoms with E-state index in [9.17, 15) is 0 Å². The van der Waals surface area contributed by atoms with Crippen LogP contribution < -0.4 is 11.1 Å². The number of fused-ring (bicyclic) bond motifs is 2. The molecule has 3 N–H and O–H groups in total. The highest BCUT2D eigenvalue weighted by Crippen LogP contribution is 2.36. The molecule has 86 valence electrons. The van der Waals surface area contributed by atoms with Crippen LogP contribution in [0.25, 0.3) is 10.2 Å². The summed E-state index contributed by atoms with van der Waals surface area (Å²) in [5.74, 6) is 2.62. The molecule has 0 aliphatic heterocycles. The first-order valence-corrected chi connectivity index (χ1v) is 6.45. The molecule has 0 unspecified atom stereocenters. The third kappa shape index (κ3) is 1.78. The monoisotopic (exact) mass is 243 g/mol. The standard InChI is InChI=1S/C13H13N3S/c1-2-5-15-10-4-3-8-6-12-11(7-9(8)10)16-13(14)17-12/h1,6-7,10,15H,3-5H2,(H2,14,16)/t10-/m1/s1. The minimum absolute atomic E-state index is 0.369. The van der Waals surface area contributed by atoms with Gasteiger partial charge in [0.25, 0.3) is 0 Å². The lowest BCUT2D eigenvalue weighted by atomic mass is 10.1. The van der Waals surface area contributed by atoms with E-state index in [0.717, 1.165) is 18.4 Å². The summed E-state index contributed by atoms with van der Waals surface area (Å²) in [5.41, 5.74) is 9.46. The topological polar surface area (TPSA) is 50.9 Å². The van der Waals surface area contributed by atoms with Crippen LogP contribution in [0.15, 0.2) is 12.1 Å². The molecule has 1 aromatic heterocycles. The number of hydrogen-bond acceptors (Lipinski definition) is 4. The number of nitrogens with two attached hydrogens (primary N) is 1. The third-order valence-electron chi connectivity index (χ3n) is 3.19. The molecule has 0 amide bonds. The Balaban J connectivity index is 2.02. The first-order valence-electron chi connectivity index (χ1n) is 5.63. The average Bonchev–Trinajstić information content (AvgIpc) is 2.85. The summed E-state index contributed by atoms with van der Waals surface area (Å²) in [4.78, 5) is 4.33. The first-order chi connectivity index (χ1) is 8.28. The van der Waals surface area contributed by atoms with E-state index < -0.39 is 0 Å². The molecule has 0 saturated heterocycles. The van der Waals surface area contributed by atoms with Gasteiger partial charge in [0.2, 0.25) is 0 Å². The fourth-order valence-electron chi connectivity index (χ4n) is 2.44. The molecule has 2 aromatic rings. The van der Waals surface area contributed by atoms with Gasteiger partial charge >= 0.3 is 0 Å². The van der Waals surface area contributed by atoms with Gasteiger partial charge in [-0.05, 0) is 36.1 Å². The molecule has 1 aromatic carbocycles. The normalized spacial score (nSPS) is 18.2. The summed E-state index contributed by atoms with van der Waals surface area (Å²) in [6.07, 6.45) is 7.50. The molecular weight excluding hydrogens is 230 g/mol. The Kier molecular flexibility index (Phi) is 2.50. The molecule has 17 heavy (non-hydrogen) atoms. The molecule has 4 heteroatoms. The van der Waals surface area contributed by atoms with E-state index in [0.29, 0.717) is 17.7 Å². The number of nitrogens with one attached hydrogen (secondary N) is 1. The molecule has 3 nitrogen and oxygen atoms in total. The molecular formula is C13H13N3S. The van der Waals surface area contributed by atoms with E-state index >= 15 is 0 Å². The Bertz CT molecular complexity index is 609. The van der Waals surface area contributed by atoms with Gasteiger partial charge in [-0.25, -0.2) is 4.98 Å². The lowest BCUT2D eigenvalue weighted by molar-refractivity contribution is 0.568. The zero-order valence-corrected chi connectivity index (χ0v) is 10.2.